The van der Waals surface area contributed by atoms with Crippen molar-refractivity contribution in [3.8, 4) is 11.1 Å². The molecule has 0 spiro atoms. The fraction of sp³-hybridized carbons (Fsp3) is 0.111. The van der Waals surface area contributed by atoms with Crippen LogP contribution in [0.2, 0.25) is 5.15 Å². The van der Waals surface area contributed by atoms with E-state index in [0.29, 0.717) is 18.1 Å². The first kappa shape index (κ1) is 21.8. The molecule has 1 N–H and O–H groups in total. The number of hydrogen-bond donors (Lipinski definition) is 1. The Labute approximate surface area is 200 Å². The summed E-state index contributed by atoms with van der Waals surface area (Å²) in [5, 5.41) is 1.45. The zero-order chi connectivity index (χ0) is 23.5. The van der Waals surface area contributed by atoms with Gasteiger partial charge in [-0.15, -0.1) is 0 Å². The third kappa shape index (κ3) is 4.54. The summed E-state index contributed by atoms with van der Waals surface area (Å²) in [7, 11) is 0. The highest BCUT2D eigenvalue weighted by molar-refractivity contribution is 6.29. The van der Waals surface area contributed by atoms with Crippen molar-refractivity contribution in [3.63, 3.8) is 0 Å². The van der Waals surface area contributed by atoms with E-state index in [2.05, 4.69) is 21.0 Å². The lowest BCUT2D eigenvalue weighted by molar-refractivity contribution is 0.0981. The van der Waals surface area contributed by atoms with Crippen LogP contribution in [0.25, 0.3) is 22.2 Å². The number of hydrogen-bond acceptors (Lipinski definition) is 4. The SMILES string of the molecule is O=C(CCc1cccc(-c2c[nH]c3ncccc23)c1)c1cccn(Cc2ccc(Cl)nc2)c1=O. The molecule has 5 aromatic rings. The number of carbonyl (C=O) groups is 1. The lowest BCUT2D eigenvalue weighted by atomic mass is 9.99. The van der Waals surface area contributed by atoms with Gasteiger partial charge >= 0.3 is 0 Å². The quantitative estimate of drug-likeness (QED) is 0.259. The summed E-state index contributed by atoms with van der Waals surface area (Å²) in [5.74, 6) is -0.171. The Bertz CT molecular complexity index is 1540. The molecule has 0 amide bonds. The molecule has 0 aliphatic carbocycles. The number of ketones is 1. The molecule has 0 bridgehead atoms. The topological polar surface area (TPSA) is 80.6 Å². The molecule has 7 heteroatoms. The summed E-state index contributed by atoms with van der Waals surface area (Å²) in [5.41, 5.74) is 4.73. The maximum absolute atomic E-state index is 12.9. The molecule has 0 radical (unpaired) electrons. The fourth-order valence-corrected chi connectivity index (χ4v) is 4.16. The summed E-state index contributed by atoms with van der Waals surface area (Å²) >= 11 is 5.83. The van der Waals surface area contributed by atoms with Crippen LogP contribution >= 0.6 is 11.6 Å². The van der Waals surface area contributed by atoms with E-state index in [1.54, 1.807) is 36.8 Å². The van der Waals surface area contributed by atoms with Crippen LogP contribution in [0.5, 0.6) is 0 Å². The average molecular weight is 469 g/mol. The van der Waals surface area contributed by atoms with E-state index in [1.807, 2.05) is 42.6 Å². The zero-order valence-electron chi connectivity index (χ0n) is 18.2. The first-order valence-corrected chi connectivity index (χ1v) is 11.3. The van der Waals surface area contributed by atoms with E-state index >= 15 is 0 Å². The Morgan fingerprint density at radius 1 is 1.00 bits per heavy atom. The Morgan fingerprint density at radius 2 is 1.91 bits per heavy atom. The predicted octanol–water partition coefficient (Wildman–Crippen LogP) is 5.30. The summed E-state index contributed by atoms with van der Waals surface area (Å²) in [4.78, 5) is 37.4. The Morgan fingerprint density at radius 3 is 2.76 bits per heavy atom. The van der Waals surface area contributed by atoms with Gasteiger partial charge < -0.3 is 9.55 Å². The van der Waals surface area contributed by atoms with Crippen molar-refractivity contribution in [1.29, 1.82) is 0 Å². The monoisotopic (exact) mass is 468 g/mol. The normalized spacial score (nSPS) is 11.1. The van der Waals surface area contributed by atoms with Gasteiger partial charge in [-0.2, -0.15) is 0 Å². The number of H-pyrrole nitrogens is 1. The largest absolute Gasteiger partial charge is 0.346 e. The fourth-order valence-electron chi connectivity index (χ4n) is 4.05. The van der Waals surface area contributed by atoms with Crippen LogP contribution in [0.15, 0.2) is 90.2 Å². The molecule has 4 aromatic heterocycles. The van der Waals surface area contributed by atoms with Gasteiger partial charge in [-0.3, -0.25) is 9.59 Å². The van der Waals surface area contributed by atoms with Crippen LogP contribution < -0.4 is 5.56 Å². The number of nitrogens with one attached hydrogen (secondary N) is 1. The van der Waals surface area contributed by atoms with E-state index < -0.39 is 0 Å². The molecule has 6 nitrogen and oxygen atoms in total. The minimum atomic E-state index is -0.303. The van der Waals surface area contributed by atoms with Crippen molar-refractivity contribution >= 4 is 28.4 Å². The minimum Gasteiger partial charge on any atom is -0.346 e. The molecule has 1 aromatic carbocycles. The lowest BCUT2D eigenvalue weighted by Gasteiger charge is -2.08. The van der Waals surface area contributed by atoms with E-state index in [9.17, 15) is 9.59 Å². The Kier molecular flexibility index (Phi) is 6.06. The highest BCUT2D eigenvalue weighted by Crippen LogP contribution is 2.28. The van der Waals surface area contributed by atoms with Gasteiger partial charge in [0.05, 0.1) is 12.1 Å². The average Bonchev–Trinajstić information content (AvgIpc) is 3.30. The minimum absolute atomic E-state index is 0.171. The van der Waals surface area contributed by atoms with E-state index in [0.717, 1.165) is 33.3 Å². The van der Waals surface area contributed by atoms with E-state index in [4.69, 9.17) is 11.6 Å². The van der Waals surface area contributed by atoms with Gasteiger partial charge in [0.2, 0.25) is 0 Å². The van der Waals surface area contributed by atoms with Crippen LogP contribution in [0.3, 0.4) is 0 Å². The van der Waals surface area contributed by atoms with Crippen molar-refractivity contribution in [3.05, 3.63) is 118 Å². The predicted molar refractivity (Wildman–Crippen MR) is 133 cm³/mol. The smallest absolute Gasteiger partial charge is 0.261 e. The van der Waals surface area contributed by atoms with Gasteiger partial charge in [0.15, 0.2) is 5.78 Å². The molecule has 5 rings (SSSR count). The zero-order valence-corrected chi connectivity index (χ0v) is 19.0. The molecule has 0 aliphatic rings. The molecular formula is C27H21ClN4O2. The van der Waals surface area contributed by atoms with Crippen LogP contribution in [0.1, 0.15) is 27.9 Å². The number of aryl methyl sites for hydroxylation is 1. The molecule has 34 heavy (non-hydrogen) atoms. The number of halogens is 1. The number of rotatable bonds is 7. The third-order valence-electron chi connectivity index (χ3n) is 5.79. The van der Waals surface area contributed by atoms with Gasteiger partial charge in [0, 0.05) is 42.2 Å². The van der Waals surface area contributed by atoms with Crippen LogP contribution in [-0.2, 0) is 13.0 Å². The molecule has 168 valence electrons. The van der Waals surface area contributed by atoms with E-state index in [1.165, 1.54) is 4.57 Å². The maximum atomic E-state index is 12.9. The summed E-state index contributed by atoms with van der Waals surface area (Å²) in [6.45, 7) is 0.325. The standard InChI is InChI=1S/C27H21ClN4O2/c28-25-11-9-19(15-30-25)17-32-13-3-7-22(27(32)34)24(33)10-8-18-4-1-5-20(14-18)23-16-31-26-21(23)6-2-12-29-26/h1-7,9,11-16H,8,10,17H2,(H,29,31). The summed E-state index contributed by atoms with van der Waals surface area (Å²) in [6.07, 6.45) is 7.80. The van der Waals surface area contributed by atoms with Crippen molar-refractivity contribution in [2.75, 3.05) is 0 Å². The number of fused-ring (bicyclic) bond motifs is 1. The summed E-state index contributed by atoms with van der Waals surface area (Å²) < 4.78 is 1.52. The van der Waals surface area contributed by atoms with Gasteiger partial charge in [-0.1, -0.05) is 41.9 Å². The molecule has 4 heterocycles. The molecule has 0 fully saturated rings. The van der Waals surface area contributed by atoms with Gasteiger partial charge in [0.1, 0.15) is 10.8 Å². The number of aromatic nitrogens is 4. The first-order valence-electron chi connectivity index (χ1n) is 10.9. The number of nitrogens with zero attached hydrogens (tertiary/aromatic N) is 3. The Hall–Kier alpha value is -4.03. The second-order valence-electron chi connectivity index (χ2n) is 8.07. The van der Waals surface area contributed by atoms with Gasteiger partial charge in [-0.25, -0.2) is 9.97 Å². The van der Waals surface area contributed by atoms with Crippen LogP contribution in [0.4, 0.5) is 0 Å². The lowest BCUT2D eigenvalue weighted by Crippen LogP contribution is -2.26. The second kappa shape index (κ2) is 9.45. The Balaban J connectivity index is 1.31. The van der Waals surface area contributed by atoms with Crippen LogP contribution in [0, 0.1) is 0 Å². The summed E-state index contributed by atoms with van der Waals surface area (Å²) in [6, 6.07) is 18.9. The first-order chi connectivity index (χ1) is 16.6. The number of benzene rings is 1. The second-order valence-corrected chi connectivity index (χ2v) is 8.46. The number of Topliss-reactive ketones (excluding diaryl/α,β-unsaturated/α-hetero) is 1. The van der Waals surface area contributed by atoms with Crippen molar-refractivity contribution in [1.82, 2.24) is 19.5 Å². The van der Waals surface area contributed by atoms with Gasteiger partial charge in [0.25, 0.3) is 5.56 Å². The van der Waals surface area contributed by atoms with Crippen molar-refractivity contribution in [2.45, 2.75) is 19.4 Å². The number of pyridine rings is 3. The van der Waals surface area contributed by atoms with Crippen molar-refractivity contribution < 1.29 is 4.79 Å². The highest BCUT2D eigenvalue weighted by Gasteiger charge is 2.13. The molecule has 0 unspecified atom stereocenters. The van der Waals surface area contributed by atoms with E-state index in [-0.39, 0.29) is 23.3 Å². The number of aromatic amines is 1. The maximum Gasteiger partial charge on any atom is 0.261 e. The molecule has 0 saturated carbocycles. The highest BCUT2D eigenvalue weighted by atomic mass is 35.5. The third-order valence-corrected chi connectivity index (χ3v) is 6.02. The molecule has 0 saturated heterocycles. The van der Waals surface area contributed by atoms with Crippen LogP contribution in [-0.4, -0.2) is 25.3 Å². The van der Waals surface area contributed by atoms with Gasteiger partial charge in [-0.05, 0) is 53.4 Å². The number of carbonyl (C=O) groups excluding carboxylic acids is 1. The molecule has 0 aliphatic heterocycles. The molecule has 0 atom stereocenters. The molecular weight excluding hydrogens is 448 g/mol. The van der Waals surface area contributed by atoms with Crippen molar-refractivity contribution in [2.24, 2.45) is 0 Å².